The van der Waals surface area contributed by atoms with E-state index >= 15 is 0 Å². The van der Waals surface area contributed by atoms with Crippen molar-refractivity contribution in [3.8, 4) is 0 Å². The second-order valence-electron chi connectivity index (χ2n) is 8.91. The van der Waals surface area contributed by atoms with Gasteiger partial charge in [-0.15, -0.1) is 0 Å². The highest BCUT2D eigenvalue weighted by Gasteiger charge is 2.45. The van der Waals surface area contributed by atoms with E-state index in [1.807, 2.05) is 18.5 Å². The van der Waals surface area contributed by atoms with Gasteiger partial charge in [0.05, 0.1) is 6.54 Å². The third kappa shape index (κ3) is 3.92. The van der Waals surface area contributed by atoms with E-state index < -0.39 is 0 Å². The Morgan fingerprint density at radius 3 is 2.41 bits per heavy atom. The van der Waals surface area contributed by atoms with Gasteiger partial charge in [-0.25, -0.2) is 9.97 Å². The summed E-state index contributed by atoms with van der Waals surface area (Å²) >= 11 is 0. The van der Waals surface area contributed by atoms with Gasteiger partial charge >= 0.3 is 0 Å². The normalized spacial score (nSPS) is 26.3. The SMILES string of the molecule is c1ccc([C@@H]2CN(C3CC3)CC3(CCN(Cc4ncccn4)CC3)C2)cc1. The molecule has 2 saturated heterocycles. The molecular formula is C23H30N4. The third-order valence-electron chi connectivity index (χ3n) is 6.91. The predicted molar refractivity (Wildman–Crippen MR) is 107 cm³/mol. The number of piperidine rings is 2. The van der Waals surface area contributed by atoms with Crippen molar-refractivity contribution in [3.05, 3.63) is 60.2 Å². The fourth-order valence-corrected chi connectivity index (χ4v) is 5.26. The molecule has 3 fully saturated rings. The Bertz CT molecular complexity index is 735. The van der Waals surface area contributed by atoms with Crippen LogP contribution < -0.4 is 0 Å². The molecule has 1 saturated carbocycles. The first-order chi connectivity index (χ1) is 13.3. The smallest absolute Gasteiger partial charge is 0.142 e. The van der Waals surface area contributed by atoms with Crippen LogP contribution >= 0.6 is 0 Å². The first kappa shape index (κ1) is 17.3. The summed E-state index contributed by atoms with van der Waals surface area (Å²) in [5, 5.41) is 0. The van der Waals surface area contributed by atoms with Crippen LogP contribution in [0.15, 0.2) is 48.8 Å². The summed E-state index contributed by atoms with van der Waals surface area (Å²) < 4.78 is 0. The molecule has 2 aliphatic heterocycles. The molecule has 1 atom stereocenters. The number of hydrogen-bond acceptors (Lipinski definition) is 4. The Kier molecular flexibility index (Phi) is 4.70. The average Bonchev–Trinajstić information content (AvgIpc) is 3.57. The van der Waals surface area contributed by atoms with Crippen molar-refractivity contribution in [2.24, 2.45) is 5.41 Å². The highest BCUT2D eigenvalue weighted by molar-refractivity contribution is 5.22. The van der Waals surface area contributed by atoms with Gasteiger partial charge in [0.15, 0.2) is 0 Å². The lowest BCUT2D eigenvalue weighted by molar-refractivity contribution is 0.00773. The molecule has 0 N–H and O–H groups in total. The van der Waals surface area contributed by atoms with Gasteiger partial charge in [-0.1, -0.05) is 30.3 Å². The number of aromatic nitrogens is 2. The predicted octanol–water partition coefficient (Wildman–Crippen LogP) is 3.71. The van der Waals surface area contributed by atoms with Crippen molar-refractivity contribution in [2.45, 2.75) is 50.6 Å². The van der Waals surface area contributed by atoms with Crippen molar-refractivity contribution in [2.75, 3.05) is 26.2 Å². The molecule has 0 unspecified atom stereocenters. The first-order valence-electron chi connectivity index (χ1n) is 10.6. The maximum Gasteiger partial charge on any atom is 0.142 e. The minimum absolute atomic E-state index is 0.495. The number of likely N-dealkylation sites (tertiary alicyclic amines) is 2. The standard InChI is InChI=1S/C23H30N4/c1-2-5-19(6-3-1)20-15-23(18-27(16-20)21-7-8-21)9-13-26(14-10-23)17-22-24-11-4-12-25-22/h1-6,11-12,20-21H,7-10,13-18H2/t20-/m0/s1. The topological polar surface area (TPSA) is 32.3 Å². The summed E-state index contributed by atoms with van der Waals surface area (Å²) in [6, 6.07) is 14.0. The van der Waals surface area contributed by atoms with Crippen molar-refractivity contribution in [1.29, 1.82) is 0 Å². The van der Waals surface area contributed by atoms with Gasteiger partial charge in [-0.2, -0.15) is 0 Å². The molecule has 5 rings (SSSR count). The molecule has 4 nitrogen and oxygen atoms in total. The summed E-state index contributed by atoms with van der Waals surface area (Å²) in [6.07, 6.45) is 10.5. The number of rotatable bonds is 4. The van der Waals surface area contributed by atoms with E-state index in [1.165, 1.54) is 58.3 Å². The Morgan fingerprint density at radius 2 is 1.70 bits per heavy atom. The first-order valence-corrected chi connectivity index (χ1v) is 10.6. The van der Waals surface area contributed by atoms with Gasteiger partial charge in [0, 0.05) is 31.5 Å². The van der Waals surface area contributed by atoms with Crippen molar-refractivity contribution in [3.63, 3.8) is 0 Å². The van der Waals surface area contributed by atoms with E-state index in [9.17, 15) is 0 Å². The fourth-order valence-electron chi connectivity index (χ4n) is 5.26. The number of nitrogens with zero attached hydrogens (tertiary/aromatic N) is 4. The second-order valence-corrected chi connectivity index (χ2v) is 8.91. The fraction of sp³-hybridized carbons (Fsp3) is 0.565. The zero-order chi connectivity index (χ0) is 18.1. The summed E-state index contributed by atoms with van der Waals surface area (Å²) in [5.41, 5.74) is 2.04. The van der Waals surface area contributed by atoms with Crippen LogP contribution in [-0.2, 0) is 6.54 Å². The quantitative estimate of drug-likeness (QED) is 0.830. The highest BCUT2D eigenvalue weighted by atomic mass is 15.2. The van der Waals surface area contributed by atoms with E-state index in [0.717, 1.165) is 18.4 Å². The van der Waals surface area contributed by atoms with Crippen molar-refractivity contribution < 1.29 is 0 Å². The van der Waals surface area contributed by atoms with Gasteiger partial charge < -0.3 is 0 Å². The van der Waals surface area contributed by atoms with Crippen LogP contribution in [0.2, 0.25) is 0 Å². The Hall–Kier alpha value is -1.78. The van der Waals surface area contributed by atoms with Crippen molar-refractivity contribution >= 4 is 0 Å². The Morgan fingerprint density at radius 1 is 0.963 bits per heavy atom. The van der Waals surface area contributed by atoms with Gasteiger partial charge in [0.1, 0.15) is 5.82 Å². The molecule has 1 spiro atoms. The lowest BCUT2D eigenvalue weighted by atomic mass is 9.68. The molecule has 0 amide bonds. The molecule has 1 aromatic carbocycles. The van der Waals surface area contributed by atoms with Crippen LogP contribution in [0, 0.1) is 5.41 Å². The summed E-state index contributed by atoms with van der Waals surface area (Å²) in [4.78, 5) is 14.2. The van der Waals surface area contributed by atoms with Gasteiger partial charge in [0.25, 0.3) is 0 Å². The number of hydrogen-bond donors (Lipinski definition) is 0. The molecule has 0 radical (unpaired) electrons. The van der Waals surface area contributed by atoms with Crippen LogP contribution in [0.5, 0.6) is 0 Å². The minimum Gasteiger partial charge on any atom is -0.299 e. The molecule has 3 aliphatic rings. The van der Waals surface area contributed by atoms with E-state index in [2.05, 4.69) is 50.1 Å². The van der Waals surface area contributed by atoms with Crippen LogP contribution in [-0.4, -0.2) is 52.0 Å². The largest absolute Gasteiger partial charge is 0.299 e. The molecule has 142 valence electrons. The van der Waals surface area contributed by atoms with Crippen LogP contribution in [0.1, 0.15) is 49.4 Å². The van der Waals surface area contributed by atoms with Crippen LogP contribution in [0.4, 0.5) is 0 Å². The third-order valence-corrected chi connectivity index (χ3v) is 6.91. The van der Waals surface area contributed by atoms with Gasteiger partial charge in [-0.05, 0) is 68.2 Å². The van der Waals surface area contributed by atoms with E-state index in [-0.39, 0.29) is 0 Å². The molecule has 2 aromatic rings. The zero-order valence-corrected chi connectivity index (χ0v) is 16.1. The van der Waals surface area contributed by atoms with Crippen LogP contribution in [0.25, 0.3) is 0 Å². The maximum absolute atomic E-state index is 4.41. The molecule has 0 bridgehead atoms. The summed E-state index contributed by atoms with van der Waals surface area (Å²) in [6.45, 7) is 5.83. The zero-order valence-electron chi connectivity index (χ0n) is 16.1. The molecule has 1 aliphatic carbocycles. The molecule has 3 heterocycles. The second kappa shape index (κ2) is 7.33. The average molecular weight is 363 g/mol. The molecular weight excluding hydrogens is 332 g/mol. The lowest BCUT2D eigenvalue weighted by Crippen LogP contribution is -2.52. The molecule has 1 aromatic heterocycles. The lowest BCUT2D eigenvalue weighted by Gasteiger charge is -2.50. The van der Waals surface area contributed by atoms with E-state index in [4.69, 9.17) is 0 Å². The monoisotopic (exact) mass is 362 g/mol. The molecule has 27 heavy (non-hydrogen) atoms. The van der Waals surface area contributed by atoms with E-state index in [0.29, 0.717) is 11.3 Å². The molecule has 4 heteroatoms. The highest BCUT2D eigenvalue weighted by Crippen LogP contribution is 2.47. The van der Waals surface area contributed by atoms with Crippen molar-refractivity contribution in [1.82, 2.24) is 19.8 Å². The van der Waals surface area contributed by atoms with Gasteiger partial charge in [0.2, 0.25) is 0 Å². The number of benzene rings is 1. The van der Waals surface area contributed by atoms with Crippen LogP contribution in [0.3, 0.4) is 0 Å². The van der Waals surface area contributed by atoms with E-state index in [1.54, 1.807) is 5.56 Å². The minimum atomic E-state index is 0.495. The summed E-state index contributed by atoms with van der Waals surface area (Å²) in [7, 11) is 0. The summed E-state index contributed by atoms with van der Waals surface area (Å²) in [5.74, 6) is 1.66. The Balaban J connectivity index is 1.28. The van der Waals surface area contributed by atoms with Gasteiger partial charge in [-0.3, -0.25) is 9.80 Å². The maximum atomic E-state index is 4.41. The Labute approximate surface area is 162 Å².